The first-order valence-corrected chi connectivity index (χ1v) is 8.22. The summed E-state index contributed by atoms with van der Waals surface area (Å²) in [6, 6.07) is 8.07. The summed E-state index contributed by atoms with van der Waals surface area (Å²) >= 11 is 0. The standard InChI is InChI=1S/C18H29N3O2/c1-13(2)10-16(11-19)21-18(23)12-20-17(22)9-8-15-6-4-14(3)5-7-15/h4-7,13,16H,8-12,19H2,1-3H3,(H,20,22)(H,21,23). The topological polar surface area (TPSA) is 84.2 Å². The number of hydrogen-bond donors (Lipinski definition) is 3. The number of nitrogens with one attached hydrogen (secondary N) is 2. The highest BCUT2D eigenvalue weighted by molar-refractivity contribution is 5.84. The van der Waals surface area contributed by atoms with Gasteiger partial charge in [0.2, 0.25) is 11.8 Å². The highest BCUT2D eigenvalue weighted by atomic mass is 16.2. The average Bonchev–Trinajstić information content (AvgIpc) is 2.51. The van der Waals surface area contributed by atoms with E-state index in [0.717, 1.165) is 12.0 Å². The molecule has 0 saturated carbocycles. The van der Waals surface area contributed by atoms with Crippen LogP contribution in [0.25, 0.3) is 0 Å². The lowest BCUT2D eigenvalue weighted by Crippen LogP contribution is -2.45. The van der Waals surface area contributed by atoms with Crippen LogP contribution >= 0.6 is 0 Å². The number of carbonyl (C=O) groups excluding carboxylic acids is 2. The van der Waals surface area contributed by atoms with Gasteiger partial charge in [0, 0.05) is 19.0 Å². The molecular weight excluding hydrogens is 290 g/mol. The molecule has 1 rings (SSSR count). The van der Waals surface area contributed by atoms with Crippen LogP contribution in [-0.2, 0) is 16.0 Å². The van der Waals surface area contributed by atoms with E-state index in [1.165, 1.54) is 5.56 Å². The number of rotatable bonds is 9. The number of benzene rings is 1. The Kier molecular flexibility index (Phi) is 8.33. The molecule has 0 aliphatic carbocycles. The quantitative estimate of drug-likeness (QED) is 0.645. The van der Waals surface area contributed by atoms with E-state index in [9.17, 15) is 9.59 Å². The molecule has 0 spiro atoms. The molecule has 128 valence electrons. The van der Waals surface area contributed by atoms with Gasteiger partial charge >= 0.3 is 0 Å². The largest absolute Gasteiger partial charge is 0.351 e. The van der Waals surface area contributed by atoms with Gasteiger partial charge < -0.3 is 16.4 Å². The zero-order valence-electron chi connectivity index (χ0n) is 14.4. The predicted octanol–water partition coefficient (Wildman–Crippen LogP) is 1.53. The Labute approximate surface area is 139 Å². The van der Waals surface area contributed by atoms with Gasteiger partial charge in [0.25, 0.3) is 0 Å². The van der Waals surface area contributed by atoms with Crippen molar-refractivity contribution in [2.45, 2.75) is 46.1 Å². The van der Waals surface area contributed by atoms with Crippen LogP contribution in [0.1, 0.15) is 37.8 Å². The molecule has 0 heterocycles. The molecule has 1 unspecified atom stereocenters. The third kappa shape index (κ3) is 8.35. The first-order chi connectivity index (χ1) is 10.9. The van der Waals surface area contributed by atoms with Crippen LogP contribution in [0, 0.1) is 12.8 Å². The molecule has 23 heavy (non-hydrogen) atoms. The fourth-order valence-corrected chi connectivity index (χ4v) is 2.34. The van der Waals surface area contributed by atoms with Crippen LogP contribution in [0.5, 0.6) is 0 Å². The summed E-state index contributed by atoms with van der Waals surface area (Å²) in [4.78, 5) is 23.6. The highest BCUT2D eigenvalue weighted by Crippen LogP contribution is 2.06. The van der Waals surface area contributed by atoms with Crippen LogP contribution in [0.15, 0.2) is 24.3 Å². The minimum absolute atomic E-state index is 0.00132. The number of nitrogens with two attached hydrogens (primary N) is 1. The number of hydrogen-bond acceptors (Lipinski definition) is 3. The Bertz CT molecular complexity index is 497. The fraction of sp³-hybridized carbons (Fsp3) is 0.556. The zero-order chi connectivity index (χ0) is 17.2. The van der Waals surface area contributed by atoms with E-state index in [1.54, 1.807) is 0 Å². The second-order valence-electron chi connectivity index (χ2n) is 6.39. The van der Waals surface area contributed by atoms with Gasteiger partial charge in [0.05, 0.1) is 6.54 Å². The molecule has 0 bridgehead atoms. The van der Waals surface area contributed by atoms with Gasteiger partial charge in [-0.05, 0) is 31.2 Å². The van der Waals surface area contributed by atoms with Crippen molar-refractivity contribution in [1.82, 2.24) is 10.6 Å². The fourth-order valence-electron chi connectivity index (χ4n) is 2.34. The van der Waals surface area contributed by atoms with E-state index < -0.39 is 0 Å². The Morgan fingerprint density at radius 1 is 1.13 bits per heavy atom. The molecule has 5 heteroatoms. The third-order valence-electron chi connectivity index (χ3n) is 3.61. The Morgan fingerprint density at radius 2 is 1.78 bits per heavy atom. The Balaban J connectivity index is 2.26. The molecular formula is C18H29N3O2. The molecule has 0 aliphatic heterocycles. The summed E-state index contributed by atoms with van der Waals surface area (Å²) < 4.78 is 0. The lowest BCUT2D eigenvalue weighted by atomic mass is 10.0. The van der Waals surface area contributed by atoms with Crippen molar-refractivity contribution in [2.24, 2.45) is 11.7 Å². The van der Waals surface area contributed by atoms with E-state index in [0.29, 0.717) is 25.3 Å². The van der Waals surface area contributed by atoms with Gasteiger partial charge in [-0.1, -0.05) is 43.7 Å². The van der Waals surface area contributed by atoms with E-state index in [2.05, 4.69) is 24.5 Å². The molecule has 1 aromatic carbocycles. The maximum absolute atomic E-state index is 11.8. The first kappa shape index (κ1) is 19.2. The maximum Gasteiger partial charge on any atom is 0.239 e. The smallest absolute Gasteiger partial charge is 0.239 e. The summed E-state index contributed by atoms with van der Waals surface area (Å²) in [5.41, 5.74) is 7.97. The SMILES string of the molecule is Cc1ccc(CCC(=O)NCC(=O)NC(CN)CC(C)C)cc1. The number of amides is 2. The van der Waals surface area contributed by atoms with Crippen molar-refractivity contribution < 1.29 is 9.59 Å². The lowest BCUT2D eigenvalue weighted by molar-refractivity contribution is -0.126. The van der Waals surface area contributed by atoms with Gasteiger partial charge in [-0.25, -0.2) is 0 Å². The molecule has 0 radical (unpaired) electrons. The normalized spacial score (nSPS) is 12.0. The van der Waals surface area contributed by atoms with Gasteiger partial charge in [0.1, 0.15) is 0 Å². The van der Waals surface area contributed by atoms with Gasteiger partial charge in [-0.3, -0.25) is 9.59 Å². The van der Waals surface area contributed by atoms with E-state index in [1.807, 2.05) is 31.2 Å². The second-order valence-corrected chi connectivity index (χ2v) is 6.39. The zero-order valence-corrected chi connectivity index (χ0v) is 14.4. The Hall–Kier alpha value is -1.88. The number of carbonyl (C=O) groups is 2. The molecule has 0 aliphatic rings. The molecule has 2 amide bonds. The monoisotopic (exact) mass is 319 g/mol. The summed E-state index contributed by atoms with van der Waals surface area (Å²) in [6.07, 6.45) is 1.89. The molecule has 0 fully saturated rings. The molecule has 1 aromatic rings. The molecule has 0 aromatic heterocycles. The van der Waals surface area contributed by atoms with Crippen LogP contribution < -0.4 is 16.4 Å². The minimum Gasteiger partial charge on any atom is -0.351 e. The molecule has 5 nitrogen and oxygen atoms in total. The second kappa shape index (κ2) is 10.0. The van der Waals surface area contributed by atoms with Crippen molar-refractivity contribution in [3.05, 3.63) is 35.4 Å². The van der Waals surface area contributed by atoms with Crippen molar-refractivity contribution in [2.75, 3.05) is 13.1 Å². The molecule has 4 N–H and O–H groups in total. The minimum atomic E-state index is -0.190. The van der Waals surface area contributed by atoms with Gasteiger partial charge in [0.15, 0.2) is 0 Å². The van der Waals surface area contributed by atoms with Crippen molar-refractivity contribution in [1.29, 1.82) is 0 Å². The van der Waals surface area contributed by atoms with Crippen LogP contribution in [0.2, 0.25) is 0 Å². The molecule has 0 saturated heterocycles. The summed E-state index contributed by atoms with van der Waals surface area (Å²) in [6.45, 7) is 6.61. The highest BCUT2D eigenvalue weighted by Gasteiger charge is 2.13. The maximum atomic E-state index is 11.8. The van der Waals surface area contributed by atoms with Crippen LogP contribution in [0.4, 0.5) is 0 Å². The van der Waals surface area contributed by atoms with Gasteiger partial charge in [-0.2, -0.15) is 0 Å². The molecule has 1 atom stereocenters. The third-order valence-corrected chi connectivity index (χ3v) is 3.61. The summed E-state index contributed by atoms with van der Waals surface area (Å²) in [5, 5.41) is 5.51. The average molecular weight is 319 g/mol. The predicted molar refractivity (Wildman–Crippen MR) is 92.9 cm³/mol. The van der Waals surface area contributed by atoms with Gasteiger partial charge in [-0.15, -0.1) is 0 Å². The summed E-state index contributed by atoms with van der Waals surface area (Å²) in [5.74, 6) is 0.159. The first-order valence-electron chi connectivity index (χ1n) is 8.22. The van der Waals surface area contributed by atoms with E-state index in [-0.39, 0.29) is 24.4 Å². The van der Waals surface area contributed by atoms with Crippen molar-refractivity contribution in [3.8, 4) is 0 Å². The van der Waals surface area contributed by atoms with Crippen molar-refractivity contribution >= 4 is 11.8 Å². The van der Waals surface area contributed by atoms with E-state index >= 15 is 0 Å². The van der Waals surface area contributed by atoms with Crippen molar-refractivity contribution in [3.63, 3.8) is 0 Å². The number of aryl methyl sites for hydroxylation is 2. The van der Waals surface area contributed by atoms with E-state index in [4.69, 9.17) is 5.73 Å². The Morgan fingerprint density at radius 3 is 2.35 bits per heavy atom. The lowest BCUT2D eigenvalue weighted by Gasteiger charge is -2.18. The summed E-state index contributed by atoms with van der Waals surface area (Å²) in [7, 11) is 0. The van der Waals surface area contributed by atoms with Crippen LogP contribution in [-0.4, -0.2) is 30.9 Å². The van der Waals surface area contributed by atoms with Crippen LogP contribution in [0.3, 0.4) is 0 Å².